The zero-order valence-corrected chi connectivity index (χ0v) is 17.0. The largest absolute Gasteiger partial charge is 0.381 e. The number of nitrogens with zero attached hydrogens (tertiary/aromatic N) is 3. The second kappa shape index (κ2) is 11.2. The molecular formula is C21H34FN5O. The van der Waals surface area contributed by atoms with Crippen LogP contribution in [0.15, 0.2) is 29.3 Å². The van der Waals surface area contributed by atoms with Gasteiger partial charge in [-0.25, -0.2) is 4.39 Å². The van der Waals surface area contributed by atoms with Crippen molar-refractivity contribution in [2.45, 2.75) is 19.3 Å². The Morgan fingerprint density at radius 3 is 2.50 bits per heavy atom. The van der Waals surface area contributed by atoms with Crippen molar-refractivity contribution in [3.05, 3.63) is 30.1 Å². The van der Waals surface area contributed by atoms with E-state index in [2.05, 4.69) is 25.4 Å². The lowest BCUT2D eigenvalue weighted by Crippen LogP contribution is -2.49. The van der Waals surface area contributed by atoms with E-state index < -0.39 is 0 Å². The maximum Gasteiger partial charge on any atom is 0.191 e. The molecule has 0 unspecified atom stereocenters. The second-order valence-electron chi connectivity index (χ2n) is 7.60. The van der Waals surface area contributed by atoms with Crippen LogP contribution < -0.4 is 15.5 Å². The van der Waals surface area contributed by atoms with Crippen LogP contribution in [0, 0.1) is 11.7 Å². The second-order valence-corrected chi connectivity index (χ2v) is 7.60. The van der Waals surface area contributed by atoms with Crippen LogP contribution in [0.1, 0.15) is 19.3 Å². The van der Waals surface area contributed by atoms with E-state index in [0.29, 0.717) is 0 Å². The Hall–Kier alpha value is -1.86. The number of benzene rings is 1. The number of halogens is 1. The Bertz CT molecular complexity index is 597. The van der Waals surface area contributed by atoms with E-state index in [1.54, 1.807) is 7.05 Å². The molecule has 7 heteroatoms. The summed E-state index contributed by atoms with van der Waals surface area (Å²) < 4.78 is 18.7. The fourth-order valence-corrected chi connectivity index (χ4v) is 3.35. The number of aliphatic imine (C=N–C) groups is 1. The third-order valence-corrected chi connectivity index (χ3v) is 5.32. The van der Waals surface area contributed by atoms with Crippen molar-refractivity contribution in [3.8, 4) is 0 Å². The summed E-state index contributed by atoms with van der Waals surface area (Å²) in [5, 5.41) is 6.73. The van der Waals surface area contributed by atoms with Gasteiger partial charge in [0, 0.05) is 71.8 Å². The minimum Gasteiger partial charge on any atom is -0.381 e. The summed E-state index contributed by atoms with van der Waals surface area (Å²) >= 11 is 0. The zero-order chi connectivity index (χ0) is 19.6. The van der Waals surface area contributed by atoms with Gasteiger partial charge >= 0.3 is 0 Å². The molecule has 1 heterocycles. The molecule has 2 N–H and O–H groups in total. The van der Waals surface area contributed by atoms with Crippen molar-refractivity contribution in [3.63, 3.8) is 0 Å². The minimum atomic E-state index is -0.179. The molecule has 0 atom stereocenters. The molecule has 1 aromatic rings. The number of ether oxygens (including phenoxy) is 1. The van der Waals surface area contributed by atoms with E-state index in [1.165, 1.54) is 25.0 Å². The molecule has 156 valence electrons. The van der Waals surface area contributed by atoms with Crippen molar-refractivity contribution in [2.24, 2.45) is 10.9 Å². The molecule has 1 aliphatic carbocycles. The molecule has 0 bridgehead atoms. The predicted octanol–water partition coefficient (Wildman–Crippen LogP) is 1.93. The van der Waals surface area contributed by atoms with Crippen LogP contribution in [0.3, 0.4) is 0 Å². The first-order valence-electron chi connectivity index (χ1n) is 10.5. The number of hydrogen-bond acceptors (Lipinski definition) is 4. The highest BCUT2D eigenvalue weighted by Gasteiger charge is 2.20. The highest BCUT2D eigenvalue weighted by Crippen LogP contribution is 2.28. The van der Waals surface area contributed by atoms with Gasteiger partial charge in [-0.15, -0.1) is 0 Å². The molecule has 0 amide bonds. The Kier molecular flexibility index (Phi) is 8.36. The number of rotatable bonds is 10. The summed E-state index contributed by atoms with van der Waals surface area (Å²) in [6, 6.07) is 6.78. The van der Waals surface area contributed by atoms with Gasteiger partial charge in [-0.1, -0.05) is 0 Å². The number of piperazine rings is 1. The fraction of sp³-hybridized carbons (Fsp3) is 0.667. The third kappa shape index (κ3) is 7.28. The molecule has 28 heavy (non-hydrogen) atoms. The molecule has 6 nitrogen and oxygen atoms in total. The van der Waals surface area contributed by atoms with Gasteiger partial charge in [-0.3, -0.25) is 9.89 Å². The molecule has 0 spiro atoms. The maximum atomic E-state index is 13.1. The smallest absolute Gasteiger partial charge is 0.191 e. The average molecular weight is 392 g/mol. The normalized spacial score (nSPS) is 18.4. The van der Waals surface area contributed by atoms with E-state index >= 15 is 0 Å². The van der Waals surface area contributed by atoms with Crippen molar-refractivity contribution in [2.75, 3.05) is 71.0 Å². The van der Waals surface area contributed by atoms with Crippen molar-refractivity contribution in [1.82, 2.24) is 15.5 Å². The van der Waals surface area contributed by atoms with Crippen LogP contribution in [0.2, 0.25) is 0 Å². The minimum absolute atomic E-state index is 0.179. The Morgan fingerprint density at radius 1 is 1.11 bits per heavy atom. The van der Waals surface area contributed by atoms with Gasteiger partial charge in [0.2, 0.25) is 0 Å². The molecule has 1 aromatic carbocycles. The third-order valence-electron chi connectivity index (χ3n) is 5.32. The van der Waals surface area contributed by atoms with E-state index in [9.17, 15) is 4.39 Å². The molecule has 1 aliphatic heterocycles. The van der Waals surface area contributed by atoms with Crippen LogP contribution >= 0.6 is 0 Å². The van der Waals surface area contributed by atoms with Gasteiger partial charge in [-0.2, -0.15) is 0 Å². The van der Waals surface area contributed by atoms with Gasteiger partial charge in [0.1, 0.15) is 5.82 Å². The molecular weight excluding hydrogens is 357 g/mol. The maximum absolute atomic E-state index is 13.1. The Balaban J connectivity index is 1.23. The van der Waals surface area contributed by atoms with Crippen LogP contribution in [0.5, 0.6) is 0 Å². The Morgan fingerprint density at radius 2 is 1.82 bits per heavy atom. The van der Waals surface area contributed by atoms with E-state index in [-0.39, 0.29) is 5.82 Å². The van der Waals surface area contributed by atoms with Gasteiger partial charge < -0.3 is 20.3 Å². The first-order valence-corrected chi connectivity index (χ1v) is 10.5. The van der Waals surface area contributed by atoms with Crippen molar-refractivity contribution < 1.29 is 9.13 Å². The zero-order valence-electron chi connectivity index (χ0n) is 17.0. The molecule has 1 saturated carbocycles. The van der Waals surface area contributed by atoms with Gasteiger partial charge in [-0.05, 0) is 49.4 Å². The molecule has 0 radical (unpaired) electrons. The first kappa shape index (κ1) is 20.9. The number of hydrogen-bond donors (Lipinski definition) is 2. The molecule has 2 aliphatic rings. The Labute approximate surface area is 168 Å². The highest BCUT2D eigenvalue weighted by molar-refractivity contribution is 5.79. The summed E-state index contributed by atoms with van der Waals surface area (Å²) in [5.41, 5.74) is 1.10. The van der Waals surface area contributed by atoms with E-state index in [0.717, 1.165) is 83.0 Å². The average Bonchev–Trinajstić information content (AvgIpc) is 3.55. The summed E-state index contributed by atoms with van der Waals surface area (Å²) in [5.74, 6) is 1.51. The first-order chi connectivity index (χ1) is 13.7. The summed E-state index contributed by atoms with van der Waals surface area (Å²) in [6.45, 7) is 8.46. The van der Waals surface area contributed by atoms with Crippen LogP contribution in [-0.4, -0.2) is 76.9 Å². The van der Waals surface area contributed by atoms with Gasteiger partial charge in [0.25, 0.3) is 0 Å². The van der Waals surface area contributed by atoms with E-state index in [1.807, 2.05) is 12.1 Å². The van der Waals surface area contributed by atoms with Gasteiger partial charge in [0.05, 0.1) is 0 Å². The molecule has 1 saturated heterocycles. The van der Waals surface area contributed by atoms with Crippen LogP contribution in [-0.2, 0) is 4.74 Å². The number of nitrogens with one attached hydrogen (secondary N) is 2. The summed E-state index contributed by atoms with van der Waals surface area (Å²) in [6.07, 6.45) is 3.69. The molecule has 2 fully saturated rings. The highest BCUT2D eigenvalue weighted by atomic mass is 19.1. The number of guanidine groups is 1. The lowest BCUT2D eigenvalue weighted by atomic mass is 10.2. The van der Waals surface area contributed by atoms with Crippen LogP contribution in [0.4, 0.5) is 10.1 Å². The van der Waals surface area contributed by atoms with Gasteiger partial charge in [0.15, 0.2) is 5.96 Å². The van der Waals surface area contributed by atoms with Crippen molar-refractivity contribution >= 4 is 11.6 Å². The summed E-state index contributed by atoms with van der Waals surface area (Å²) in [4.78, 5) is 9.05. The van der Waals surface area contributed by atoms with E-state index in [4.69, 9.17) is 4.74 Å². The molecule has 0 aromatic heterocycles. The standard InChI is InChI=1S/C21H34FN5O/c1-23-21(24-9-2-16-28-17-18-3-4-18)25-10-11-26-12-14-27(15-13-26)20-7-5-19(22)6-8-20/h5-8,18H,2-4,9-17H2,1H3,(H2,23,24,25). The monoisotopic (exact) mass is 391 g/mol. The predicted molar refractivity (Wildman–Crippen MR) is 113 cm³/mol. The van der Waals surface area contributed by atoms with Crippen LogP contribution in [0.25, 0.3) is 0 Å². The summed E-state index contributed by atoms with van der Waals surface area (Å²) in [7, 11) is 1.81. The topological polar surface area (TPSA) is 52.1 Å². The quantitative estimate of drug-likeness (QED) is 0.363. The lowest BCUT2D eigenvalue weighted by molar-refractivity contribution is 0.123. The fourth-order valence-electron chi connectivity index (χ4n) is 3.35. The molecule has 3 rings (SSSR count). The van der Waals surface area contributed by atoms with Crippen molar-refractivity contribution in [1.29, 1.82) is 0 Å². The lowest BCUT2D eigenvalue weighted by Gasteiger charge is -2.36. The number of anilines is 1. The SMILES string of the molecule is CN=C(NCCCOCC1CC1)NCCN1CCN(c2ccc(F)cc2)CC1.